The average Bonchev–Trinajstić information content (AvgIpc) is 2.46. The largest absolute Gasteiger partial charge is 0.481 e. The number of benzene rings is 2. The number of carbonyl (C=O) groups is 1. The first kappa shape index (κ1) is 16.9. The second kappa shape index (κ2) is 6.73. The summed E-state index contributed by atoms with van der Waals surface area (Å²) >= 11 is 0. The van der Waals surface area contributed by atoms with Gasteiger partial charge in [0.25, 0.3) is 5.91 Å². The van der Waals surface area contributed by atoms with Crippen LogP contribution < -0.4 is 10.1 Å². The zero-order valence-electron chi connectivity index (χ0n) is 12.6. The van der Waals surface area contributed by atoms with Gasteiger partial charge in [-0.15, -0.1) is 0 Å². The summed E-state index contributed by atoms with van der Waals surface area (Å²) in [5.74, 6) is 0.00234. The predicted molar refractivity (Wildman–Crippen MR) is 81.3 cm³/mol. The standard InChI is InChI=1S/C17H16F3NO2/c1-11-5-3-8-15(9-11)23-12(2)16(22)21-14-7-4-6-13(10-14)17(18,19)20/h3-10,12H,1-2H3,(H,21,22)/t12-/m1/s1. The summed E-state index contributed by atoms with van der Waals surface area (Å²) in [6.07, 6.45) is -5.30. The van der Waals surface area contributed by atoms with Gasteiger partial charge in [0.2, 0.25) is 0 Å². The van der Waals surface area contributed by atoms with Crippen LogP contribution in [0.4, 0.5) is 18.9 Å². The smallest absolute Gasteiger partial charge is 0.416 e. The van der Waals surface area contributed by atoms with Crippen molar-refractivity contribution in [3.63, 3.8) is 0 Å². The van der Waals surface area contributed by atoms with Gasteiger partial charge in [-0.1, -0.05) is 18.2 Å². The van der Waals surface area contributed by atoms with Gasteiger partial charge in [0.05, 0.1) is 5.56 Å². The molecule has 0 aliphatic rings. The Morgan fingerprint density at radius 1 is 1.13 bits per heavy atom. The predicted octanol–water partition coefficient (Wildman–Crippen LogP) is 4.42. The quantitative estimate of drug-likeness (QED) is 0.904. The molecule has 2 aromatic carbocycles. The summed E-state index contributed by atoms with van der Waals surface area (Å²) in [6.45, 7) is 3.42. The number of alkyl halides is 3. The van der Waals surface area contributed by atoms with Crippen molar-refractivity contribution in [3.05, 3.63) is 59.7 Å². The highest BCUT2D eigenvalue weighted by Crippen LogP contribution is 2.30. The average molecular weight is 323 g/mol. The van der Waals surface area contributed by atoms with Crippen LogP contribution in [0.2, 0.25) is 0 Å². The normalized spacial score (nSPS) is 12.6. The Bertz CT molecular complexity index is 698. The molecule has 0 fully saturated rings. The molecule has 1 atom stereocenters. The molecule has 6 heteroatoms. The van der Waals surface area contributed by atoms with Crippen LogP contribution in [0.25, 0.3) is 0 Å². The molecule has 0 aliphatic heterocycles. The highest BCUT2D eigenvalue weighted by Gasteiger charge is 2.30. The van der Waals surface area contributed by atoms with E-state index in [0.29, 0.717) is 5.75 Å². The van der Waals surface area contributed by atoms with Crippen LogP contribution in [0.3, 0.4) is 0 Å². The van der Waals surface area contributed by atoms with Crippen molar-refractivity contribution >= 4 is 11.6 Å². The van der Waals surface area contributed by atoms with Gasteiger partial charge in [-0.3, -0.25) is 4.79 Å². The maximum absolute atomic E-state index is 12.7. The summed E-state index contributed by atoms with van der Waals surface area (Å²) in [5.41, 5.74) is 0.236. The number of amides is 1. The first-order valence-electron chi connectivity index (χ1n) is 6.97. The second-order valence-electron chi connectivity index (χ2n) is 5.14. The van der Waals surface area contributed by atoms with Crippen molar-refractivity contribution < 1.29 is 22.7 Å². The van der Waals surface area contributed by atoms with Crippen LogP contribution in [-0.4, -0.2) is 12.0 Å². The third kappa shape index (κ3) is 4.74. The number of hydrogen-bond donors (Lipinski definition) is 1. The lowest BCUT2D eigenvalue weighted by atomic mass is 10.2. The van der Waals surface area contributed by atoms with E-state index in [1.165, 1.54) is 19.1 Å². The SMILES string of the molecule is Cc1cccc(O[C@H](C)C(=O)Nc2cccc(C(F)(F)F)c2)c1. The molecule has 0 heterocycles. The van der Waals surface area contributed by atoms with E-state index < -0.39 is 23.8 Å². The summed E-state index contributed by atoms with van der Waals surface area (Å²) in [7, 11) is 0. The first-order chi connectivity index (χ1) is 10.8. The third-order valence-electron chi connectivity index (χ3n) is 3.13. The van der Waals surface area contributed by atoms with E-state index in [1.54, 1.807) is 18.2 Å². The monoisotopic (exact) mass is 323 g/mol. The number of ether oxygens (including phenoxy) is 1. The molecule has 2 aromatic rings. The fraction of sp³-hybridized carbons (Fsp3) is 0.235. The van der Waals surface area contributed by atoms with E-state index in [9.17, 15) is 18.0 Å². The summed E-state index contributed by atoms with van der Waals surface area (Å²) < 4.78 is 43.4. The fourth-order valence-electron chi connectivity index (χ4n) is 1.96. The third-order valence-corrected chi connectivity index (χ3v) is 3.13. The number of nitrogens with one attached hydrogen (secondary N) is 1. The number of carbonyl (C=O) groups excluding carboxylic acids is 1. The lowest BCUT2D eigenvalue weighted by Gasteiger charge is -2.16. The van der Waals surface area contributed by atoms with E-state index in [1.807, 2.05) is 13.0 Å². The van der Waals surface area contributed by atoms with Crippen molar-refractivity contribution in [2.75, 3.05) is 5.32 Å². The van der Waals surface area contributed by atoms with Gasteiger partial charge in [-0.05, 0) is 49.7 Å². The topological polar surface area (TPSA) is 38.3 Å². The van der Waals surface area contributed by atoms with E-state index in [4.69, 9.17) is 4.74 Å². The Morgan fingerprint density at radius 3 is 2.48 bits per heavy atom. The van der Waals surface area contributed by atoms with E-state index in [0.717, 1.165) is 17.7 Å². The molecule has 2 rings (SSSR count). The zero-order valence-corrected chi connectivity index (χ0v) is 12.6. The van der Waals surface area contributed by atoms with Crippen LogP contribution in [-0.2, 0) is 11.0 Å². The number of hydrogen-bond acceptors (Lipinski definition) is 2. The van der Waals surface area contributed by atoms with Gasteiger partial charge in [0, 0.05) is 5.69 Å². The van der Waals surface area contributed by atoms with Crippen molar-refractivity contribution in [2.24, 2.45) is 0 Å². The molecular weight excluding hydrogens is 307 g/mol. The van der Waals surface area contributed by atoms with Gasteiger partial charge >= 0.3 is 6.18 Å². The molecule has 0 unspecified atom stereocenters. The van der Waals surface area contributed by atoms with Crippen LogP contribution in [0.1, 0.15) is 18.1 Å². The van der Waals surface area contributed by atoms with E-state index in [-0.39, 0.29) is 5.69 Å². The van der Waals surface area contributed by atoms with Gasteiger partial charge in [-0.2, -0.15) is 13.2 Å². The molecule has 3 nitrogen and oxygen atoms in total. The maximum Gasteiger partial charge on any atom is 0.416 e. The van der Waals surface area contributed by atoms with E-state index in [2.05, 4.69) is 5.32 Å². The van der Waals surface area contributed by atoms with Gasteiger partial charge in [0.1, 0.15) is 5.75 Å². The highest BCUT2D eigenvalue weighted by atomic mass is 19.4. The van der Waals surface area contributed by atoms with Crippen LogP contribution in [0.5, 0.6) is 5.75 Å². The summed E-state index contributed by atoms with van der Waals surface area (Å²) in [6, 6.07) is 11.6. The molecule has 0 spiro atoms. The molecule has 0 aliphatic carbocycles. The molecule has 1 amide bonds. The number of anilines is 1. The Morgan fingerprint density at radius 2 is 1.83 bits per heavy atom. The number of aryl methyl sites for hydroxylation is 1. The van der Waals surface area contributed by atoms with Gasteiger partial charge in [-0.25, -0.2) is 0 Å². The molecular formula is C17H16F3NO2. The van der Waals surface area contributed by atoms with Crippen LogP contribution >= 0.6 is 0 Å². The summed E-state index contributed by atoms with van der Waals surface area (Å²) in [4.78, 5) is 12.0. The minimum absolute atomic E-state index is 0.0736. The first-order valence-corrected chi connectivity index (χ1v) is 6.97. The fourth-order valence-corrected chi connectivity index (χ4v) is 1.96. The highest BCUT2D eigenvalue weighted by molar-refractivity contribution is 5.94. The number of rotatable bonds is 4. The number of halogens is 3. The maximum atomic E-state index is 12.7. The molecule has 23 heavy (non-hydrogen) atoms. The minimum atomic E-state index is -4.45. The van der Waals surface area contributed by atoms with E-state index >= 15 is 0 Å². The second-order valence-corrected chi connectivity index (χ2v) is 5.14. The molecule has 0 aromatic heterocycles. The lowest BCUT2D eigenvalue weighted by Crippen LogP contribution is -2.30. The molecule has 122 valence electrons. The van der Waals surface area contributed by atoms with Crippen LogP contribution in [0.15, 0.2) is 48.5 Å². The van der Waals surface area contributed by atoms with Crippen molar-refractivity contribution in [3.8, 4) is 5.75 Å². The van der Waals surface area contributed by atoms with Crippen LogP contribution in [0, 0.1) is 6.92 Å². The Balaban J connectivity index is 2.04. The van der Waals surface area contributed by atoms with Crippen molar-refractivity contribution in [1.29, 1.82) is 0 Å². The minimum Gasteiger partial charge on any atom is -0.481 e. The molecule has 0 saturated carbocycles. The lowest BCUT2D eigenvalue weighted by molar-refractivity contribution is -0.137. The zero-order chi connectivity index (χ0) is 17.0. The van der Waals surface area contributed by atoms with Crippen molar-refractivity contribution in [1.82, 2.24) is 0 Å². The van der Waals surface area contributed by atoms with Gasteiger partial charge in [0.15, 0.2) is 6.10 Å². The Hall–Kier alpha value is -2.50. The molecule has 0 bridgehead atoms. The molecule has 0 saturated heterocycles. The Labute approximate surface area is 132 Å². The molecule has 0 radical (unpaired) electrons. The van der Waals surface area contributed by atoms with Gasteiger partial charge < -0.3 is 10.1 Å². The Kier molecular flexibility index (Phi) is 4.93. The van der Waals surface area contributed by atoms with Crippen molar-refractivity contribution in [2.45, 2.75) is 26.1 Å². The molecule has 1 N–H and O–H groups in total. The summed E-state index contributed by atoms with van der Waals surface area (Å²) in [5, 5.41) is 2.43.